The zero-order valence-electron chi connectivity index (χ0n) is 51.9. The molecule has 0 aromatic carbocycles. The van der Waals surface area contributed by atoms with E-state index in [-0.39, 0.29) is 66.5 Å². The monoisotopic (exact) mass is 1640 g/mol. The van der Waals surface area contributed by atoms with Gasteiger partial charge in [-0.3, -0.25) is 84.7 Å². The number of nitrogens with one attached hydrogen (secondary N) is 5. The molecule has 0 unspecified atom stereocenters. The molecule has 0 radical (unpaired) electrons. The van der Waals surface area contributed by atoms with Crippen LogP contribution in [-0.2, 0) is 28.4 Å². The van der Waals surface area contributed by atoms with Gasteiger partial charge in [0.2, 0.25) is 16.9 Å². The number of aromatic amines is 5. The highest BCUT2D eigenvalue weighted by molar-refractivity contribution is 6.78. The number of hydrogen-bond acceptors (Lipinski definition) is 31. The van der Waals surface area contributed by atoms with Crippen LogP contribution in [-0.4, -0.2) is 180 Å². The van der Waals surface area contributed by atoms with E-state index in [1.54, 1.807) is 18.3 Å². The highest BCUT2D eigenvalue weighted by atomic mass is 35.6. The van der Waals surface area contributed by atoms with Crippen LogP contribution in [0.2, 0.25) is 10.4 Å². The minimum absolute atomic E-state index is 0.0244. The lowest BCUT2D eigenvalue weighted by Gasteiger charge is -2.19. The van der Waals surface area contributed by atoms with Crippen LogP contribution >= 0.6 is 104 Å². The third kappa shape index (κ3) is 26.2. The molecular formula is C48H40Cl9N19O28. The number of alkyl halides is 6. The van der Waals surface area contributed by atoms with Gasteiger partial charge in [-0.25, -0.2) is 57.4 Å². The number of ether oxygens (including phenoxy) is 6. The van der Waals surface area contributed by atoms with Crippen molar-refractivity contribution < 1.29 is 96.3 Å². The first kappa shape index (κ1) is 88.1. The van der Waals surface area contributed by atoms with Crippen LogP contribution in [0.5, 0.6) is 0 Å². The number of hydrogen-bond donors (Lipinski definition) is 6. The number of halogens is 9. The summed E-state index contributed by atoms with van der Waals surface area (Å²) in [4.78, 5) is 181. The number of amides is 2. The third-order valence-electron chi connectivity index (χ3n) is 11.0. The molecule has 2 amide bonds. The summed E-state index contributed by atoms with van der Waals surface area (Å²) in [5, 5.41) is 68.5. The molecule has 56 heteroatoms. The number of Topliss-reactive ketones (excluding diaryl/α,β-unsaturated/α-hetero) is 2. The van der Waals surface area contributed by atoms with Gasteiger partial charge in [-0.1, -0.05) is 81.2 Å². The van der Waals surface area contributed by atoms with Crippen LogP contribution in [0.15, 0.2) is 101 Å². The largest absolute Gasteiger partial charge is 0.464 e. The number of nitrogens with two attached hydrogens (primary N) is 1. The molecule has 9 rings (SSSR count). The van der Waals surface area contributed by atoms with Gasteiger partial charge in [0, 0.05) is 42.1 Å². The predicted molar refractivity (Wildman–Crippen MR) is 358 cm³/mol. The van der Waals surface area contributed by atoms with Crippen molar-refractivity contribution in [3.8, 4) is 0 Å². The van der Waals surface area contributed by atoms with E-state index in [4.69, 9.17) is 98.7 Å². The third-order valence-corrected chi connectivity index (χ3v) is 12.6. The molecule has 9 aromatic rings. The Kier molecular flexibility index (Phi) is 33.8. The minimum Gasteiger partial charge on any atom is -0.464 e. The summed E-state index contributed by atoms with van der Waals surface area (Å²) in [5.41, 5.74) is -3.58. The van der Waals surface area contributed by atoms with Gasteiger partial charge in [-0.2, -0.15) is 0 Å². The van der Waals surface area contributed by atoms with Crippen molar-refractivity contribution in [3.05, 3.63) is 212 Å². The minimum atomic E-state index is -2.11. The molecule has 47 nitrogen and oxygen atoms in total. The first-order valence-corrected chi connectivity index (χ1v) is 29.0. The summed E-state index contributed by atoms with van der Waals surface area (Å²) < 4.78 is 25.4. The molecule has 0 spiro atoms. The molecule has 0 fully saturated rings. The highest BCUT2D eigenvalue weighted by Crippen LogP contribution is 2.32. The van der Waals surface area contributed by atoms with Crippen LogP contribution in [0.1, 0.15) is 52.4 Å². The molecule has 0 atom stereocenters. The standard InChI is InChI=1S/C10H11N3O8.C6H3Cl3N2O3.C6H4Cl3NO.C6H2Cl2N4O2.C6H4N4O4.C6H7N3O4.C6H6N2O4.C2H3ClO2/c1-19-8(14)7-4-6(13(17)18)5-11(7)12(9(15)20-2)10(16)21-3;7-6(8,9)5(12)4-1-3(2-10-4)11(13)14;7-6(8,9)5(11)4-2-1-3-10-4;7-5-4-1-3(12(13)14)2-11(4)10-6(8)9-5;11-5-4-1-3(10(13)14)2-9(4)8-6(12)7-5;1-13-6(10)5-2-4(9(11)12)3-8(5)7;1-12-6(9)5-2-4(3-7-5)8(10)11;1-5-2(3)4/h4-5H,1-3H3;1-2,10H;1-3,10H;1-2H;1-2H,(H2,7,8,11,12);2-3H,7H2,1H3;2-3,7H,1H3;1H3. The van der Waals surface area contributed by atoms with Crippen molar-refractivity contribution in [1.82, 2.24) is 53.5 Å². The zero-order valence-corrected chi connectivity index (χ0v) is 58.7. The number of fused-ring (bicyclic) bond motifs is 2. The van der Waals surface area contributed by atoms with Crippen molar-refractivity contribution in [2.45, 2.75) is 7.59 Å². The maximum absolute atomic E-state index is 11.6. The van der Waals surface area contributed by atoms with Gasteiger partial charge < -0.3 is 49.2 Å². The average Bonchev–Trinajstić information content (AvgIpc) is 1.66. The van der Waals surface area contributed by atoms with Crippen molar-refractivity contribution in [3.63, 3.8) is 0 Å². The van der Waals surface area contributed by atoms with E-state index in [1.165, 1.54) is 38.1 Å². The fraction of sp³-hybridized carbons (Fsp3) is 0.167. The molecule has 0 aliphatic carbocycles. The molecule has 9 heterocycles. The second kappa shape index (κ2) is 39.9. The van der Waals surface area contributed by atoms with Gasteiger partial charge in [0.1, 0.15) is 41.5 Å². The second-order valence-corrected chi connectivity index (χ2v) is 23.0. The SMILES string of the molecule is COC(=O)Cl.COC(=O)c1cc([N+](=O)[O-])c[nH]1.COC(=O)c1cc([N+](=O)[O-])cn1N.COC(=O)c1cc([N+](=O)[O-])cn1N(C(=O)OC)C(=O)OC.O=C(c1cc([N+](=O)[O-])c[nH]1)C(Cl)(Cl)Cl.O=C(c1ccc[nH]1)C(Cl)(Cl)Cl.O=[N+]([O-])c1cc2c(Cl)nc(Cl)nn2c1.O=c1[nH]c(=O)c2cc([N+](=O)[O-])cn2[nH]1. The molecular weight excluding hydrogens is 1610 g/mol. The van der Waals surface area contributed by atoms with Crippen LogP contribution in [0.4, 0.5) is 48.5 Å². The Hall–Kier alpha value is -12.0. The average molecular weight is 1650 g/mol. The van der Waals surface area contributed by atoms with Crippen LogP contribution < -0.4 is 22.1 Å². The Morgan fingerprint density at radius 1 is 0.529 bits per heavy atom. The molecule has 104 heavy (non-hydrogen) atoms. The maximum atomic E-state index is 11.6. The Balaban J connectivity index is 0.000000411. The van der Waals surface area contributed by atoms with Crippen LogP contribution in [0.25, 0.3) is 11.0 Å². The van der Waals surface area contributed by atoms with E-state index in [0.29, 0.717) is 15.9 Å². The summed E-state index contributed by atoms with van der Waals surface area (Å²) in [7, 11) is 6.58. The molecule has 0 bridgehead atoms. The zero-order chi connectivity index (χ0) is 79.6. The van der Waals surface area contributed by atoms with Gasteiger partial charge in [-0.05, 0) is 23.7 Å². The Morgan fingerprint density at radius 3 is 1.38 bits per heavy atom. The van der Waals surface area contributed by atoms with E-state index < -0.39 is 107 Å². The summed E-state index contributed by atoms with van der Waals surface area (Å²) in [6.07, 6.45) is 5.43. The molecule has 0 aliphatic rings. The first-order chi connectivity index (χ1) is 48.3. The lowest BCUT2D eigenvalue weighted by Crippen LogP contribution is -2.46. The number of nitrogen functional groups attached to an aromatic ring is 1. The number of aromatic nitrogens is 11. The number of esters is 3. The fourth-order valence-corrected chi connectivity index (χ4v) is 7.52. The predicted octanol–water partition coefficient (Wildman–Crippen LogP) is 8.46. The van der Waals surface area contributed by atoms with Gasteiger partial charge in [0.05, 0.1) is 108 Å². The summed E-state index contributed by atoms with van der Waals surface area (Å²) >= 11 is 47.7. The van der Waals surface area contributed by atoms with Crippen molar-refractivity contribution >= 4 is 197 Å². The maximum Gasteiger partial charge on any atom is 0.439 e. The van der Waals surface area contributed by atoms with Crippen molar-refractivity contribution in [2.24, 2.45) is 0 Å². The number of imide groups is 1. The second-order valence-electron chi connectivity index (χ2n) is 17.5. The van der Waals surface area contributed by atoms with E-state index >= 15 is 0 Å². The van der Waals surface area contributed by atoms with Gasteiger partial charge >= 0.3 is 41.2 Å². The number of carbonyl (C=O) groups excluding carboxylic acids is 8. The highest BCUT2D eigenvalue weighted by Gasteiger charge is 2.35. The topological polar surface area (TPSA) is 638 Å². The van der Waals surface area contributed by atoms with Gasteiger partial charge in [0.25, 0.3) is 47.3 Å². The number of nitrogens with zero attached hydrogens (tertiary/aromatic N) is 13. The normalized spacial score (nSPS) is 10.2. The number of carbonyl (C=O) groups is 8. The van der Waals surface area contributed by atoms with Crippen LogP contribution in [0.3, 0.4) is 0 Å². The molecule has 0 aliphatic heterocycles. The van der Waals surface area contributed by atoms with Gasteiger partial charge in [-0.15, -0.1) is 10.1 Å². The van der Waals surface area contributed by atoms with E-state index in [2.05, 4.69) is 70.2 Å². The fourth-order valence-electron chi connectivity index (χ4n) is 6.47. The lowest BCUT2D eigenvalue weighted by atomic mass is 10.3. The van der Waals surface area contributed by atoms with Crippen molar-refractivity contribution in [2.75, 3.05) is 53.5 Å². The number of nitro groups is 6. The molecule has 7 N–H and O–H groups in total. The number of methoxy groups -OCH3 is 6. The Morgan fingerprint density at radius 2 is 0.952 bits per heavy atom. The van der Waals surface area contributed by atoms with E-state index in [9.17, 15) is 109 Å². The number of H-pyrrole nitrogens is 5. The first-order valence-electron chi connectivity index (χ1n) is 25.6. The summed E-state index contributed by atoms with van der Waals surface area (Å²) in [6.45, 7) is 0. The van der Waals surface area contributed by atoms with E-state index in [0.717, 1.165) is 91.8 Å². The number of rotatable bonds is 12. The summed E-state index contributed by atoms with van der Waals surface area (Å²) in [5.74, 6) is 1.55. The Bertz CT molecular complexity index is 4780. The molecule has 0 saturated carbocycles. The molecule has 9 aromatic heterocycles. The smallest absolute Gasteiger partial charge is 0.439 e. The quantitative estimate of drug-likeness (QED) is 0.00975. The number of ketones is 2. The van der Waals surface area contributed by atoms with Crippen LogP contribution in [0, 0.1) is 60.7 Å². The van der Waals surface area contributed by atoms with Gasteiger partial charge in [0.15, 0.2) is 16.5 Å². The lowest BCUT2D eigenvalue weighted by molar-refractivity contribution is -0.385. The summed E-state index contributed by atoms with van der Waals surface area (Å²) in [6, 6.07) is 9.56. The van der Waals surface area contributed by atoms with E-state index in [1.807, 2.05) is 4.98 Å². The van der Waals surface area contributed by atoms with Crippen molar-refractivity contribution in [1.29, 1.82) is 0 Å². The molecule has 558 valence electrons. The Labute approximate surface area is 616 Å². The molecule has 0 saturated heterocycles.